The summed E-state index contributed by atoms with van der Waals surface area (Å²) in [5, 5.41) is 2.40. The molecule has 0 fully saturated rings. The highest BCUT2D eigenvalue weighted by Gasteiger charge is 2.25. The van der Waals surface area contributed by atoms with Crippen molar-refractivity contribution in [3.05, 3.63) is 56.2 Å². The Hall–Kier alpha value is -3.16. The summed E-state index contributed by atoms with van der Waals surface area (Å²) in [5.41, 5.74) is 4.94. The maximum atomic E-state index is 12.3. The van der Waals surface area contributed by atoms with Crippen LogP contribution in [0.25, 0.3) is 0 Å². The molecule has 3 N–H and O–H groups in total. The number of benzene rings is 1. The van der Waals surface area contributed by atoms with E-state index in [9.17, 15) is 19.2 Å². The van der Waals surface area contributed by atoms with Crippen LogP contribution in [-0.4, -0.2) is 20.8 Å². The summed E-state index contributed by atoms with van der Waals surface area (Å²) in [5.74, 6) is -2.45. The molecule has 0 aliphatic carbocycles. The molecule has 0 unspecified atom stereocenters. The molecule has 0 saturated heterocycles. The number of nitrogens with zero attached hydrogens (tertiary/aromatic N) is 2. The Morgan fingerprint density at radius 2 is 1.61 bits per heavy atom. The zero-order chi connectivity index (χ0) is 17.3. The van der Waals surface area contributed by atoms with Crippen LogP contribution in [0.2, 0.25) is 0 Å². The number of carbonyl (C=O) groups excluding carboxylic acids is 2. The molecule has 2 rings (SSSR count). The number of hydrogen-bond donors (Lipinski definition) is 2. The number of ketones is 1. The Morgan fingerprint density at radius 1 is 1.04 bits per heavy atom. The molecule has 0 radical (unpaired) electrons. The smallest absolute Gasteiger partial charge is 0.332 e. The topological polar surface area (TPSA) is 116 Å². The molecular formula is C15H16N4O4. The average molecular weight is 316 g/mol. The third kappa shape index (κ3) is 2.91. The third-order valence-corrected chi connectivity index (χ3v) is 3.45. The fourth-order valence-corrected chi connectivity index (χ4v) is 2.01. The van der Waals surface area contributed by atoms with E-state index < -0.39 is 28.5 Å². The van der Waals surface area contributed by atoms with Gasteiger partial charge in [-0.1, -0.05) is 17.7 Å². The highest BCUT2D eigenvalue weighted by atomic mass is 16.2. The first-order chi connectivity index (χ1) is 10.7. The Bertz CT molecular complexity index is 907. The van der Waals surface area contributed by atoms with E-state index in [4.69, 9.17) is 5.73 Å². The summed E-state index contributed by atoms with van der Waals surface area (Å²) >= 11 is 0. The molecule has 0 spiro atoms. The molecule has 120 valence electrons. The Kier molecular flexibility index (Phi) is 4.17. The van der Waals surface area contributed by atoms with Crippen LogP contribution in [0, 0.1) is 6.92 Å². The lowest BCUT2D eigenvalue weighted by atomic mass is 10.1. The minimum absolute atomic E-state index is 0.345. The first kappa shape index (κ1) is 16.2. The van der Waals surface area contributed by atoms with Crippen LogP contribution in [-0.2, 0) is 18.9 Å². The fourth-order valence-electron chi connectivity index (χ4n) is 2.01. The van der Waals surface area contributed by atoms with Crippen molar-refractivity contribution in [2.24, 2.45) is 14.1 Å². The van der Waals surface area contributed by atoms with E-state index >= 15 is 0 Å². The second-order valence-electron chi connectivity index (χ2n) is 5.12. The number of nitrogen functional groups attached to an aromatic ring is 1. The second kappa shape index (κ2) is 5.91. The molecule has 1 heterocycles. The van der Waals surface area contributed by atoms with Gasteiger partial charge in [0.2, 0.25) is 0 Å². The molecule has 23 heavy (non-hydrogen) atoms. The minimum atomic E-state index is -1.10. The standard InChI is InChI=1S/C15H16N4O4/c1-8-4-6-9(7-5-8)17-13(21)11(20)10-12(16)18(2)15(23)19(3)14(10)22/h4-7H,16H2,1-3H3,(H,17,21). The largest absolute Gasteiger partial charge is 0.384 e. The van der Waals surface area contributed by atoms with Gasteiger partial charge in [0.15, 0.2) is 0 Å². The number of nitrogens with two attached hydrogens (primary N) is 1. The van der Waals surface area contributed by atoms with Crippen LogP contribution >= 0.6 is 0 Å². The Labute approximate surface area is 131 Å². The molecule has 0 aliphatic rings. The lowest BCUT2D eigenvalue weighted by molar-refractivity contribution is -0.112. The number of anilines is 2. The van der Waals surface area contributed by atoms with Crippen LogP contribution in [0.15, 0.2) is 33.9 Å². The van der Waals surface area contributed by atoms with Gasteiger partial charge in [0.1, 0.15) is 11.4 Å². The van der Waals surface area contributed by atoms with E-state index in [0.29, 0.717) is 5.69 Å². The maximum absolute atomic E-state index is 12.3. The van der Waals surface area contributed by atoms with Gasteiger partial charge in [0, 0.05) is 19.8 Å². The van der Waals surface area contributed by atoms with Gasteiger partial charge in [0.25, 0.3) is 17.2 Å². The molecule has 0 saturated carbocycles. The van der Waals surface area contributed by atoms with Crippen molar-refractivity contribution in [2.45, 2.75) is 6.92 Å². The number of aromatic nitrogens is 2. The van der Waals surface area contributed by atoms with Crippen LogP contribution < -0.4 is 22.3 Å². The number of amides is 1. The molecule has 2 aromatic rings. The van der Waals surface area contributed by atoms with Crippen molar-refractivity contribution in [1.29, 1.82) is 0 Å². The minimum Gasteiger partial charge on any atom is -0.384 e. The molecule has 1 amide bonds. The van der Waals surface area contributed by atoms with E-state index in [-0.39, 0.29) is 5.82 Å². The zero-order valence-corrected chi connectivity index (χ0v) is 12.9. The van der Waals surface area contributed by atoms with Gasteiger partial charge < -0.3 is 11.1 Å². The third-order valence-electron chi connectivity index (χ3n) is 3.45. The fraction of sp³-hybridized carbons (Fsp3) is 0.200. The summed E-state index contributed by atoms with van der Waals surface area (Å²) in [6.07, 6.45) is 0. The van der Waals surface area contributed by atoms with Crippen molar-refractivity contribution in [3.63, 3.8) is 0 Å². The predicted octanol–water partition coefficient (Wildman–Crippen LogP) is -0.204. The van der Waals surface area contributed by atoms with Crippen molar-refractivity contribution < 1.29 is 9.59 Å². The number of Topliss-reactive ketones (excluding diaryl/α,β-unsaturated/α-hetero) is 1. The SMILES string of the molecule is Cc1ccc(NC(=O)C(=O)c2c(N)n(C)c(=O)n(C)c2=O)cc1. The predicted molar refractivity (Wildman–Crippen MR) is 85.5 cm³/mol. The van der Waals surface area contributed by atoms with Gasteiger partial charge >= 0.3 is 5.69 Å². The van der Waals surface area contributed by atoms with Gasteiger partial charge in [-0.15, -0.1) is 0 Å². The van der Waals surface area contributed by atoms with Crippen molar-refractivity contribution in [1.82, 2.24) is 9.13 Å². The van der Waals surface area contributed by atoms with Crippen LogP contribution in [0.5, 0.6) is 0 Å². The number of carbonyl (C=O) groups is 2. The number of nitrogens with one attached hydrogen (secondary N) is 1. The highest BCUT2D eigenvalue weighted by molar-refractivity contribution is 6.47. The van der Waals surface area contributed by atoms with Gasteiger partial charge in [0.05, 0.1) is 0 Å². The van der Waals surface area contributed by atoms with Crippen LogP contribution in [0.4, 0.5) is 11.5 Å². The molecular weight excluding hydrogens is 300 g/mol. The normalized spacial score (nSPS) is 10.4. The van der Waals surface area contributed by atoms with Crippen molar-refractivity contribution >= 4 is 23.2 Å². The molecule has 0 bridgehead atoms. The molecule has 0 aliphatic heterocycles. The summed E-state index contributed by atoms with van der Waals surface area (Å²) in [4.78, 5) is 48.1. The van der Waals surface area contributed by atoms with Crippen molar-refractivity contribution in [2.75, 3.05) is 11.1 Å². The highest BCUT2D eigenvalue weighted by Crippen LogP contribution is 2.10. The molecule has 1 aromatic heterocycles. The van der Waals surface area contributed by atoms with E-state index in [2.05, 4.69) is 5.32 Å². The quantitative estimate of drug-likeness (QED) is 0.600. The molecule has 8 nitrogen and oxygen atoms in total. The number of rotatable bonds is 3. The van der Waals surface area contributed by atoms with Gasteiger partial charge in [-0.25, -0.2) is 4.79 Å². The average Bonchev–Trinajstić information content (AvgIpc) is 2.53. The summed E-state index contributed by atoms with van der Waals surface area (Å²) < 4.78 is 1.66. The van der Waals surface area contributed by atoms with E-state index in [1.807, 2.05) is 6.92 Å². The summed E-state index contributed by atoms with van der Waals surface area (Å²) in [6.45, 7) is 1.88. The van der Waals surface area contributed by atoms with Crippen LogP contribution in [0.1, 0.15) is 15.9 Å². The summed E-state index contributed by atoms with van der Waals surface area (Å²) in [6, 6.07) is 6.78. The second-order valence-corrected chi connectivity index (χ2v) is 5.12. The molecule has 8 heteroatoms. The lowest BCUT2D eigenvalue weighted by Gasteiger charge is -2.10. The number of aryl methyl sites for hydroxylation is 1. The Morgan fingerprint density at radius 3 is 2.17 bits per heavy atom. The number of hydrogen-bond acceptors (Lipinski definition) is 5. The molecule has 1 aromatic carbocycles. The van der Waals surface area contributed by atoms with E-state index in [0.717, 1.165) is 14.7 Å². The maximum Gasteiger partial charge on any atom is 0.332 e. The zero-order valence-electron chi connectivity index (χ0n) is 12.9. The van der Waals surface area contributed by atoms with Gasteiger partial charge in [-0.3, -0.25) is 23.5 Å². The van der Waals surface area contributed by atoms with Gasteiger partial charge in [-0.05, 0) is 19.1 Å². The van der Waals surface area contributed by atoms with Crippen LogP contribution in [0.3, 0.4) is 0 Å². The first-order valence-electron chi connectivity index (χ1n) is 6.72. The molecule has 0 atom stereocenters. The Balaban J connectivity index is 2.41. The van der Waals surface area contributed by atoms with Crippen molar-refractivity contribution in [3.8, 4) is 0 Å². The van der Waals surface area contributed by atoms with Gasteiger partial charge in [-0.2, -0.15) is 0 Å². The van der Waals surface area contributed by atoms with E-state index in [1.165, 1.54) is 14.1 Å². The first-order valence-corrected chi connectivity index (χ1v) is 6.72. The van der Waals surface area contributed by atoms with E-state index in [1.54, 1.807) is 24.3 Å². The lowest BCUT2D eigenvalue weighted by Crippen LogP contribution is -2.43. The summed E-state index contributed by atoms with van der Waals surface area (Å²) in [7, 11) is 2.52. The monoisotopic (exact) mass is 316 g/mol.